The summed E-state index contributed by atoms with van der Waals surface area (Å²) in [6, 6.07) is 11.1. The lowest BCUT2D eigenvalue weighted by Crippen LogP contribution is -2.37. The van der Waals surface area contributed by atoms with Crippen molar-refractivity contribution in [3.8, 4) is 11.5 Å². The van der Waals surface area contributed by atoms with Crippen molar-refractivity contribution >= 4 is 32.7 Å². The van der Waals surface area contributed by atoms with Gasteiger partial charge in [-0.2, -0.15) is 4.31 Å². The van der Waals surface area contributed by atoms with Crippen LogP contribution >= 0.6 is 22.7 Å². The number of hydrogen-bond acceptors (Lipinski definition) is 8. The number of hydrogen-bond donors (Lipinski definition) is 0. The molecule has 2 aromatic heterocycles. The Morgan fingerprint density at radius 2 is 1.17 bits per heavy atom. The Morgan fingerprint density at radius 3 is 1.63 bits per heavy atom. The molecule has 0 atom stereocenters. The fraction of sp³-hybridized carbons (Fsp3) is 0.548. The molecule has 0 amide bonds. The molecule has 7 nitrogen and oxygen atoms in total. The number of rotatable bonds is 14. The molecule has 1 aromatic carbocycles. The van der Waals surface area contributed by atoms with Gasteiger partial charge in [-0.3, -0.25) is 9.80 Å². The molecule has 2 saturated heterocycles. The monoisotopic (exact) mass is 617 g/mol. The van der Waals surface area contributed by atoms with Gasteiger partial charge in [0.1, 0.15) is 24.7 Å². The van der Waals surface area contributed by atoms with Crippen molar-refractivity contribution in [2.24, 2.45) is 0 Å². The quantitative estimate of drug-likeness (QED) is 0.214. The highest BCUT2D eigenvalue weighted by atomic mass is 32.2. The molecule has 0 unspecified atom stereocenters. The maximum absolute atomic E-state index is 13.7. The Labute approximate surface area is 253 Å². The molecule has 4 heterocycles. The van der Waals surface area contributed by atoms with E-state index in [-0.39, 0.29) is 26.3 Å². The van der Waals surface area contributed by atoms with Gasteiger partial charge in [-0.25, -0.2) is 8.42 Å². The van der Waals surface area contributed by atoms with Gasteiger partial charge >= 0.3 is 0 Å². The van der Waals surface area contributed by atoms with E-state index in [1.165, 1.54) is 52.6 Å². The van der Waals surface area contributed by atoms with Crippen LogP contribution in [0.4, 0.5) is 0 Å². The van der Waals surface area contributed by atoms with Gasteiger partial charge in [0.2, 0.25) is 10.0 Å². The van der Waals surface area contributed by atoms with E-state index in [0.29, 0.717) is 4.90 Å². The molecule has 0 aliphatic carbocycles. The molecule has 0 N–H and O–H groups in total. The summed E-state index contributed by atoms with van der Waals surface area (Å²) in [7, 11) is -3.70. The lowest BCUT2D eigenvalue weighted by molar-refractivity contribution is 0.211. The number of benzene rings is 1. The van der Waals surface area contributed by atoms with Crippen molar-refractivity contribution in [3.63, 3.8) is 0 Å². The summed E-state index contributed by atoms with van der Waals surface area (Å²) in [6.07, 6.45) is 7.62. The van der Waals surface area contributed by atoms with Gasteiger partial charge in [0.15, 0.2) is 0 Å². The van der Waals surface area contributed by atoms with Gasteiger partial charge in [-0.15, -0.1) is 22.7 Å². The molecule has 0 bridgehead atoms. The smallest absolute Gasteiger partial charge is 0.243 e. The minimum atomic E-state index is -3.70. The first-order chi connectivity index (χ1) is 20.0. The van der Waals surface area contributed by atoms with E-state index in [4.69, 9.17) is 9.47 Å². The van der Waals surface area contributed by atoms with Crippen molar-refractivity contribution in [3.05, 3.63) is 62.5 Å². The fourth-order valence-electron chi connectivity index (χ4n) is 5.51. The molecule has 5 rings (SSSR count). The second-order valence-corrected chi connectivity index (χ2v) is 14.9. The van der Waals surface area contributed by atoms with E-state index in [1.807, 2.05) is 31.2 Å². The van der Waals surface area contributed by atoms with Crippen molar-refractivity contribution < 1.29 is 17.9 Å². The van der Waals surface area contributed by atoms with Crippen molar-refractivity contribution in [2.45, 2.75) is 63.4 Å². The summed E-state index contributed by atoms with van der Waals surface area (Å²) in [5.41, 5.74) is 1.03. The van der Waals surface area contributed by atoms with Crippen molar-refractivity contribution in [1.82, 2.24) is 14.1 Å². The minimum Gasteiger partial charge on any atom is -0.491 e. The highest BCUT2D eigenvalue weighted by molar-refractivity contribution is 7.89. The summed E-state index contributed by atoms with van der Waals surface area (Å²) in [5.74, 6) is 1.73. The van der Waals surface area contributed by atoms with Crippen LogP contribution in [0.2, 0.25) is 0 Å². The number of aryl methyl sites for hydroxylation is 1. The summed E-state index contributed by atoms with van der Waals surface area (Å²) < 4.78 is 41.3. The number of nitrogens with zero attached hydrogens (tertiary/aromatic N) is 3. The third-order valence-electron chi connectivity index (χ3n) is 7.90. The van der Waals surface area contributed by atoms with Crippen LogP contribution in [0.1, 0.15) is 53.8 Å². The molecule has 3 aromatic rings. The minimum absolute atomic E-state index is 0.253. The molecule has 2 aliphatic heterocycles. The van der Waals surface area contributed by atoms with Crippen LogP contribution in [0.25, 0.3) is 0 Å². The Bertz CT molecular complexity index is 1250. The normalized spacial score (nSPS) is 17.2. The van der Waals surface area contributed by atoms with Crippen LogP contribution in [-0.2, 0) is 23.1 Å². The lowest BCUT2D eigenvalue weighted by Gasteiger charge is -2.26. The van der Waals surface area contributed by atoms with E-state index >= 15 is 0 Å². The van der Waals surface area contributed by atoms with Crippen LogP contribution < -0.4 is 9.47 Å². The predicted molar refractivity (Wildman–Crippen MR) is 168 cm³/mol. The number of thiophene rings is 2. The molecule has 2 fully saturated rings. The van der Waals surface area contributed by atoms with Crippen LogP contribution in [-0.4, -0.2) is 75.0 Å². The van der Waals surface area contributed by atoms with Crippen molar-refractivity contribution in [2.75, 3.05) is 52.5 Å². The summed E-state index contributed by atoms with van der Waals surface area (Å²) in [6.45, 7) is 9.34. The van der Waals surface area contributed by atoms with Gasteiger partial charge < -0.3 is 9.47 Å². The SMILES string of the molecule is Cc1ccc(S(=O)(=O)N(CCOc2ccsc2CN2CCCCC2)CCOc2ccsc2CN2CCCCC2)cc1. The maximum atomic E-state index is 13.7. The molecule has 2 aliphatic rings. The van der Waals surface area contributed by atoms with Gasteiger partial charge in [-0.1, -0.05) is 30.5 Å². The Balaban J connectivity index is 1.21. The molecule has 0 spiro atoms. The lowest BCUT2D eigenvalue weighted by atomic mass is 10.1. The average molecular weight is 618 g/mol. The highest BCUT2D eigenvalue weighted by Crippen LogP contribution is 2.29. The average Bonchev–Trinajstić information content (AvgIpc) is 3.62. The van der Waals surface area contributed by atoms with E-state index in [2.05, 4.69) is 20.6 Å². The number of sulfonamides is 1. The standard InChI is InChI=1S/C31H43N3O4S3/c1-26-8-10-27(11-9-26)41(35,36)34(18-20-37-28-12-22-39-30(28)24-32-14-4-2-5-15-32)19-21-38-29-13-23-40-31(29)25-33-16-6-3-7-17-33/h8-13,22-23H,2-7,14-21,24-25H2,1H3. The third kappa shape index (κ3) is 8.55. The zero-order valence-electron chi connectivity index (χ0n) is 24.1. The fourth-order valence-corrected chi connectivity index (χ4v) is 8.63. The van der Waals surface area contributed by atoms with E-state index in [0.717, 1.165) is 56.3 Å². The Morgan fingerprint density at radius 1 is 0.707 bits per heavy atom. The molecule has 0 saturated carbocycles. The maximum Gasteiger partial charge on any atom is 0.243 e. The first-order valence-electron chi connectivity index (χ1n) is 14.9. The molecular weight excluding hydrogens is 575 g/mol. The molecule has 224 valence electrons. The van der Waals surface area contributed by atoms with Crippen LogP contribution in [0.15, 0.2) is 52.1 Å². The first-order valence-corrected chi connectivity index (χ1v) is 18.1. The Kier molecular flexibility index (Phi) is 11.1. The summed E-state index contributed by atoms with van der Waals surface area (Å²) >= 11 is 3.42. The zero-order valence-corrected chi connectivity index (χ0v) is 26.6. The van der Waals surface area contributed by atoms with E-state index < -0.39 is 10.0 Å². The second-order valence-electron chi connectivity index (χ2n) is 11.0. The van der Waals surface area contributed by atoms with Gasteiger partial charge in [0.05, 0.1) is 14.6 Å². The number of piperidine rings is 2. The van der Waals surface area contributed by atoms with E-state index in [9.17, 15) is 8.42 Å². The third-order valence-corrected chi connectivity index (χ3v) is 11.6. The first kappa shape index (κ1) is 30.5. The van der Waals surface area contributed by atoms with Gasteiger partial charge in [-0.05, 0) is 93.8 Å². The topological polar surface area (TPSA) is 62.3 Å². The van der Waals surface area contributed by atoms with Gasteiger partial charge in [0, 0.05) is 26.2 Å². The van der Waals surface area contributed by atoms with Gasteiger partial charge in [0.25, 0.3) is 0 Å². The molecule has 10 heteroatoms. The molecule has 0 radical (unpaired) electrons. The predicted octanol–water partition coefficient (Wildman–Crippen LogP) is 6.24. The zero-order chi connectivity index (χ0) is 28.5. The molecular formula is C31H43N3O4S3. The van der Waals surface area contributed by atoms with Crippen LogP contribution in [0, 0.1) is 6.92 Å². The second kappa shape index (κ2) is 15.0. The summed E-state index contributed by atoms with van der Waals surface area (Å²) in [5, 5.41) is 4.12. The van der Waals surface area contributed by atoms with Crippen molar-refractivity contribution in [1.29, 1.82) is 0 Å². The Hall–Kier alpha value is -1.95. The number of likely N-dealkylation sites (tertiary alicyclic amines) is 2. The molecule has 41 heavy (non-hydrogen) atoms. The highest BCUT2D eigenvalue weighted by Gasteiger charge is 2.25. The van der Waals surface area contributed by atoms with E-state index in [1.54, 1.807) is 34.8 Å². The van der Waals surface area contributed by atoms with Crippen LogP contribution in [0.3, 0.4) is 0 Å². The van der Waals surface area contributed by atoms with Crippen LogP contribution in [0.5, 0.6) is 11.5 Å². The number of ether oxygens (including phenoxy) is 2. The largest absolute Gasteiger partial charge is 0.491 e. The summed E-state index contributed by atoms with van der Waals surface area (Å²) in [4.78, 5) is 7.68.